The predicted molar refractivity (Wildman–Crippen MR) is 170 cm³/mol. The number of hydrogen-bond acceptors (Lipinski definition) is 8. The van der Waals surface area contributed by atoms with Gasteiger partial charge in [-0.05, 0) is 55.4 Å². The number of fused-ring (bicyclic) bond motifs is 2. The van der Waals surface area contributed by atoms with Crippen molar-refractivity contribution in [3.63, 3.8) is 0 Å². The van der Waals surface area contributed by atoms with Crippen molar-refractivity contribution in [2.24, 2.45) is 5.92 Å². The summed E-state index contributed by atoms with van der Waals surface area (Å²) in [4.78, 5) is 41.4. The summed E-state index contributed by atoms with van der Waals surface area (Å²) < 4.78 is 29.8. The quantitative estimate of drug-likeness (QED) is 0.145. The van der Waals surface area contributed by atoms with Gasteiger partial charge >= 0.3 is 5.97 Å². The van der Waals surface area contributed by atoms with Crippen molar-refractivity contribution in [3.05, 3.63) is 70.5 Å². The second-order valence-electron chi connectivity index (χ2n) is 12.8. The maximum absolute atomic E-state index is 16.1. The number of hydrogen-bond donors (Lipinski definition) is 1. The van der Waals surface area contributed by atoms with E-state index < -0.39 is 43.8 Å². The van der Waals surface area contributed by atoms with Gasteiger partial charge in [-0.1, -0.05) is 35.9 Å². The number of aliphatic hydroxyl groups is 1. The third-order valence-electron chi connectivity index (χ3n) is 9.28. The summed E-state index contributed by atoms with van der Waals surface area (Å²) in [6.07, 6.45) is 1.52. The van der Waals surface area contributed by atoms with E-state index in [9.17, 15) is 19.5 Å². The largest absolute Gasteiger partial charge is 0.441 e. The molecule has 11 nitrogen and oxygen atoms in total. The molecule has 5 atom stereocenters. The smallest absolute Gasteiger partial charge is 0.304 e. The number of amides is 2. The summed E-state index contributed by atoms with van der Waals surface area (Å²) in [5.74, 6) is -1.35. The van der Waals surface area contributed by atoms with Crippen LogP contribution >= 0.6 is 11.6 Å². The molecule has 6 rings (SSSR count). The van der Waals surface area contributed by atoms with E-state index in [0.717, 1.165) is 5.56 Å². The number of carbonyl (C=O) groups excluding carboxylic acids is 3. The van der Waals surface area contributed by atoms with Crippen molar-refractivity contribution >= 4 is 49.2 Å². The highest BCUT2D eigenvalue weighted by Gasteiger charge is 2.66. The normalized spacial score (nSPS) is 25.7. The Hall–Kier alpha value is -3.65. The number of carbonyl (C=O) groups is 3. The van der Waals surface area contributed by atoms with Crippen molar-refractivity contribution < 1.29 is 33.1 Å². The monoisotopic (exact) mass is 669 g/mol. The number of esters is 1. The average molecular weight is 670 g/mol. The van der Waals surface area contributed by atoms with E-state index in [1.165, 1.54) is 11.8 Å². The van der Waals surface area contributed by atoms with Crippen molar-refractivity contribution in [2.75, 3.05) is 16.4 Å². The summed E-state index contributed by atoms with van der Waals surface area (Å²) in [6.45, 7) is 7.11. The molecule has 2 saturated heterocycles. The van der Waals surface area contributed by atoms with Gasteiger partial charge in [-0.25, -0.2) is 0 Å². The Morgan fingerprint density at radius 3 is 2.61 bits per heavy atom. The maximum Gasteiger partial charge on any atom is 0.304 e. The number of halogens is 2. The minimum Gasteiger partial charge on any atom is -0.441 e. The molecule has 3 aliphatic heterocycles. The Kier molecular flexibility index (Phi) is 8.55. The molecule has 1 spiro atoms. The molecule has 244 valence electrons. The van der Waals surface area contributed by atoms with Crippen LogP contribution < -0.4 is 9.80 Å². The Morgan fingerprint density at radius 2 is 1.96 bits per heavy atom. The minimum absolute atomic E-state index is 0.0342. The molecule has 3 aliphatic rings. The Labute approximate surface area is 272 Å². The van der Waals surface area contributed by atoms with Crippen LogP contribution in [0.3, 0.4) is 0 Å². The molecule has 3 aromatic rings. The molecule has 1 aromatic heterocycles. The van der Waals surface area contributed by atoms with Crippen LogP contribution in [0.1, 0.15) is 43.5 Å². The molecule has 1 unspecified atom stereocenters. The van der Waals surface area contributed by atoms with Gasteiger partial charge in [0.05, 0.1) is 30.5 Å². The predicted octanol–water partition coefficient (Wildman–Crippen LogP) is 4.50. The van der Waals surface area contributed by atoms with Gasteiger partial charge in [0.1, 0.15) is 0 Å². The second kappa shape index (κ2) is 12.2. The summed E-state index contributed by atoms with van der Waals surface area (Å²) in [5, 5.41) is 17.9. The van der Waals surface area contributed by atoms with Crippen LogP contribution in [0.5, 0.6) is 0 Å². The lowest BCUT2D eigenvalue weighted by Crippen LogP contribution is -2.54. The fourth-order valence-corrected chi connectivity index (χ4v) is 10.0. The fourth-order valence-electron chi connectivity index (χ4n) is 7.31. The first-order valence-electron chi connectivity index (χ1n) is 15.4. The lowest BCUT2D eigenvalue weighted by atomic mass is 9.82. The van der Waals surface area contributed by atoms with E-state index in [0.29, 0.717) is 47.0 Å². The molecular formula is C32H37ClFN5O6Si. The Morgan fingerprint density at radius 1 is 1.22 bits per heavy atom. The number of benzene rings is 2. The van der Waals surface area contributed by atoms with Crippen molar-refractivity contribution in [3.8, 4) is 0 Å². The van der Waals surface area contributed by atoms with E-state index in [1.807, 2.05) is 19.1 Å². The minimum atomic E-state index is -3.36. The Bertz CT molecular complexity index is 1670. The number of anilines is 2. The second-order valence-corrected chi connectivity index (χ2v) is 17.0. The van der Waals surface area contributed by atoms with E-state index in [-0.39, 0.29) is 31.4 Å². The maximum atomic E-state index is 16.1. The molecule has 4 heterocycles. The zero-order chi connectivity index (χ0) is 33.0. The van der Waals surface area contributed by atoms with Gasteiger partial charge in [-0.2, -0.15) is 0 Å². The number of aromatic nitrogens is 3. The molecule has 46 heavy (non-hydrogen) atoms. The SMILES string of the molecule is CC(=O)OC1CC(=O)N1c1ccc(CN2C(=O)[C@]3(O[C@H](CCn4cc(CCO)nn4)[C@@H]([Si](C)(C)F)[C@@H]3C)c3cc(Cl)ccc32)cc1. The van der Waals surface area contributed by atoms with Crippen LogP contribution in [0.2, 0.25) is 23.7 Å². The molecule has 0 radical (unpaired) electrons. The van der Waals surface area contributed by atoms with Gasteiger partial charge < -0.3 is 23.6 Å². The molecule has 2 fully saturated rings. The third-order valence-corrected chi connectivity index (χ3v) is 12.0. The number of β-lactam (4-membered cyclic amide) rings is 1. The summed E-state index contributed by atoms with van der Waals surface area (Å²) in [6, 6.07) is 12.5. The summed E-state index contributed by atoms with van der Waals surface area (Å²) in [7, 11) is -3.36. The Balaban J connectivity index is 1.28. The first kappa shape index (κ1) is 32.3. The van der Waals surface area contributed by atoms with Gasteiger partial charge in [0.15, 0.2) is 11.8 Å². The first-order chi connectivity index (χ1) is 21.8. The molecule has 14 heteroatoms. The number of aliphatic hydroxyl groups excluding tert-OH is 1. The lowest BCUT2D eigenvalue weighted by Gasteiger charge is -2.39. The number of ether oxygens (including phenoxy) is 2. The zero-order valence-corrected chi connectivity index (χ0v) is 27.9. The van der Waals surface area contributed by atoms with Gasteiger partial charge in [-0.15, -0.1) is 5.10 Å². The van der Waals surface area contributed by atoms with Gasteiger partial charge in [-0.3, -0.25) is 24.0 Å². The van der Waals surface area contributed by atoms with Crippen molar-refractivity contribution in [2.45, 2.75) is 82.8 Å². The highest BCUT2D eigenvalue weighted by atomic mass is 35.5. The van der Waals surface area contributed by atoms with Crippen LogP contribution in [0.4, 0.5) is 15.5 Å². The highest BCUT2D eigenvalue weighted by Crippen LogP contribution is 2.60. The highest BCUT2D eigenvalue weighted by molar-refractivity contribution is 6.72. The number of nitrogens with zero attached hydrogens (tertiary/aromatic N) is 5. The van der Waals surface area contributed by atoms with Crippen LogP contribution in [-0.2, 0) is 49.0 Å². The fraction of sp³-hybridized carbons (Fsp3) is 0.469. The van der Waals surface area contributed by atoms with E-state index in [4.69, 9.17) is 21.1 Å². The molecule has 0 saturated carbocycles. The van der Waals surface area contributed by atoms with Crippen LogP contribution in [0.15, 0.2) is 48.7 Å². The zero-order valence-electron chi connectivity index (χ0n) is 26.2. The van der Waals surface area contributed by atoms with Gasteiger partial charge in [0.25, 0.3) is 5.91 Å². The number of aryl methyl sites for hydroxylation is 1. The third kappa shape index (κ3) is 5.63. The average Bonchev–Trinajstić information content (AvgIpc) is 3.62. The molecule has 0 bridgehead atoms. The topological polar surface area (TPSA) is 127 Å². The van der Waals surface area contributed by atoms with Crippen molar-refractivity contribution in [1.82, 2.24) is 15.0 Å². The van der Waals surface area contributed by atoms with Crippen LogP contribution in [-0.4, -0.2) is 65.2 Å². The molecule has 2 amide bonds. The first-order valence-corrected chi connectivity index (χ1v) is 18.7. The molecular weight excluding hydrogens is 633 g/mol. The van der Waals surface area contributed by atoms with Gasteiger partial charge in [0, 0.05) is 60.4 Å². The van der Waals surface area contributed by atoms with Gasteiger partial charge in [0.2, 0.25) is 14.3 Å². The molecule has 2 aromatic carbocycles. The van der Waals surface area contributed by atoms with Crippen LogP contribution in [0, 0.1) is 5.92 Å². The summed E-state index contributed by atoms with van der Waals surface area (Å²) >= 11 is 6.49. The van der Waals surface area contributed by atoms with E-state index >= 15 is 4.11 Å². The van der Waals surface area contributed by atoms with Crippen LogP contribution in [0.25, 0.3) is 0 Å². The summed E-state index contributed by atoms with van der Waals surface area (Å²) in [5.41, 5.74) is 1.43. The lowest BCUT2D eigenvalue weighted by molar-refractivity contribution is -0.154. The van der Waals surface area contributed by atoms with E-state index in [2.05, 4.69) is 10.3 Å². The molecule has 0 aliphatic carbocycles. The number of rotatable bonds is 10. The molecule has 1 N–H and O–H groups in total. The standard InChI is InChI=1S/C32H37ClFN5O6Si/c1-19-30(46(3,4)34)27(11-13-37-18-23(12-14-40)35-36-37)45-32(19)25-15-22(33)7-10-26(25)38(31(32)43)17-21-5-8-24(9-6-21)39-28(42)16-29(39)44-20(2)41/h5-10,15,18-19,27,29-30,40H,11-14,16-17H2,1-4H3/t19-,27+,29?,30-,32+/m0/s1. The van der Waals surface area contributed by atoms with Crippen molar-refractivity contribution in [1.29, 1.82) is 0 Å². The van der Waals surface area contributed by atoms with E-state index in [1.54, 1.807) is 59.2 Å².